The Morgan fingerprint density at radius 3 is 2.45 bits per heavy atom. The van der Waals surface area contributed by atoms with Crippen molar-refractivity contribution in [3.8, 4) is 0 Å². The molecule has 1 amide bonds. The SMILES string of the molecule is CCOC(=O)C(N)C(=O)NC(C)c1ccc(SC)cc1. The number of hydrogen-bond donors (Lipinski definition) is 2. The number of thioether (sulfide) groups is 1. The molecule has 6 heteroatoms. The monoisotopic (exact) mass is 296 g/mol. The molecule has 0 aromatic heterocycles. The Balaban J connectivity index is 2.62. The molecule has 0 aliphatic carbocycles. The Hall–Kier alpha value is -1.53. The van der Waals surface area contributed by atoms with Crippen LogP contribution in [0.25, 0.3) is 0 Å². The Labute approximate surface area is 123 Å². The van der Waals surface area contributed by atoms with Crippen LogP contribution in [0.5, 0.6) is 0 Å². The van der Waals surface area contributed by atoms with Gasteiger partial charge in [-0.1, -0.05) is 12.1 Å². The molecule has 3 N–H and O–H groups in total. The molecular formula is C14H20N2O3S. The molecule has 0 radical (unpaired) electrons. The first kappa shape index (κ1) is 16.5. The summed E-state index contributed by atoms with van der Waals surface area (Å²) in [5, 5.41) is 2.70. The van der Waals surface area contributed by atoms with Crippen molar-refractivity contribution in [2.24, 2.45) is 5.73 Å². The number of ether oxygens (including phenoxy) is 1. The third-order valence-electron chi connectivity index (χ3n) is 2.80. The van der Waals surface area contributed by atoms with Gasteiger partial charge in [0.1, 0.15) is 0 Å². The molecule has 2 unspecified atom stereocenters. The first-order valence-electron chi connectivity index (χ1n) is 6.36. The summed E-state index contributed by atoms with van der Waals surface area (Å²) in [6.45, 7) is 3.70. The number of esters is 1. The predicted octanol–water partition coefficient (Wildman–Crippen LogP) is 1.48. The largest absolute Gasteiger partial charge is 0.464 e. The van der Waals surface area contributed by atoms with Crippen LogP contribution in [0.4, 0.5) is 0 Å². The van der Waals surface area contributed by atoms with Crippen LogP contribution in [0.1, 0.15) is 25.5 Å². The van der Waals surface area contributed by atoms with Crippen molar-refractivity contribution < 1.29 is 14.3 Å². The molecule has 0 heterocycles. The maximum Gasteiger partial charge on any atom is 0.332 e. The first-order valence-corrected chi connectivity index (χ1v) is 7.58. The van der Waals surface area contributed by atoms with E-state index in [1.807, 2.05) is 37.4 Å². The van der Waals surface area contributed by atoms with Gasteiger partial charge in [0.2, 0.25) is 5.91 Å². The third kappa shape index (κ3) is 4.54. The van der Waals surface area contributed by atoms with E-state index in [2.05, 4.69) is 5.32 Å². The van der Waals surface area contributed by atoms with Crippen LogP contribution in [0.15, 0.2) is 29.2 Å². The highest BCUT2D eigenvalue weighted by Gasteiger charge is 2.24. The van der Waals surface area contributed by atoms with Crippen LogP contribution in [-0.2, 0) is 14.3 Å². The highest BCUT2D eigenvalue weighted by Crippen LogP contribution is 2.18. The van der Waals surface area contributed by atoms with Crippen molar-refractivity contribution in [1.29, 1.82) is 0 Å². The second-order valence-electron chi connectivity index (χ2n) is 4.23. The second-order valence-corrected chi connectivity index (χ2v) is 5.11. The van der Waals surface area contributed by atoms with Gasteiger partial charge in [0.15, 0.2) is 6.04 Å². The molecule has 1 rings (SSSR count). The van der Waals surface area contributed by atoms with Gasteiger partial charge in [0.05, 0.1) is 12.6 Å². The standard InChI is InChI=1S/C14H20N2O3S/c1-4-19-14(18)12(15)13(17)16-9(2)10-5-7-11(20-3)8-6-10/h5-9,12H,4,15H2,1-3H3,(H,16,17). The molecule has 0 aliphatic heterocycles. The third-order valence-corrected chi connectivity index (χ3v) is 3.54. The van der Waals surface area contributed by atoms with Crippen LogP contribution in [-0.4, -0.2) is 30.8 Å². The normalized spacial score (nSPS) is 13.4. The molecule has 20 heavy (non-hydrogen) atoms. The van der Waals surface area contributed by atoms with Gasteiger partial charge in [-0.05, 0) is 37.8 Å². The number of nitrogens with two attached hydrogens (primary N) is 1. The van der Waals surface area contributed by atoms with E-state index in [1.54, 1.807) is 18.7 Å². The van der Waals surface area contributed by atoms with E-state index < -0.39 is 17.9 Å². The topological polar surface area (TPSA) is 81.4 Å². The summed E-state index contributed by atoms with van der Waals surface area (Å²) in [5.74, 6) is -1.25. The number of amides is 1. The Kier molecular flexibility index (Phi) is 6.54. The van der Waals surface area contributed by atoms with E-state index >= 15 is 0 Å². The van der Waals surface area contributed by atoms with Crippen LogP contribution in [0, 0.1) is 0 Å². The summed E-state index contributed by atoms with van der Waals surface area (Å²) >= 11 is 1.65. The fraction of sp³-hybridized carbons (Fsp3) is 0.429. The number of nitrogens with one attached hydrogen (secondary N) is 1. The second kappa shape index (κ2) is 7.91. The van der Waals surface area contributed by atoms with Gasteiger partial charge in [-0.3, -0.25) is 4.79 Å². The highest BCUT2D eigenvalue weighted by molar-refractivity contribution is 7.98. The van der Waals surface area contributed by atoms with E-state index in [0.29, 0.717) is 0 Å². The smallest absolute Gasteiger partial charge is 0.332 e. The fourth-order valence-electron chi connectivity index (χ4n) is 1.62. The number of hydrogen-bond acceptors (Lipinski definition) is 5. The van der Waals surface area contributed by atoms with Gasteiger partial charge in [0, 0.05) is 4.90 Å². The van der Waals surface area contributed by atoms with Crippen LogP contribution in [0.2, 0.25) is 0 Å². The number of benzene rings is 1. The maximum atomic E-state index is 11.8. The van der Waals surface area contributed by atoms with Crippen molar-refractivity contribution in [2.75, 3.05) is 12.9 Å². The van der Waals surface area contributed by atoms with Gasteiger partial charge in [0.25, 0.3) is 0 Å². The number of carbonyl (C=O) groups excluding carboxylic acids is 2. The minimum atomic E-state index is -1.29. The summed E-state index contributed by atoms with van der Waals surface area (Å²) in [7, 11) is 0. The van der Waals surface area contributed by atoms with Crippen molar-refractivity contribution >= 4 is 23.6 Å². The van der Waals surface area contributed by atoms with Crippen LogP contribution >= 0.6 is 11.8 Å². The lowest BCUT2D eigenvalue weighted by Crippen LogP contribution is -2.47. The maximum absolute atomic E-state index is 11.8. The average molecular weight is 296 g/mol. The summed E-state index contributed by atoms with van der Waals surface area (Å²) in [6, 6.07) is 6.32. The summed E-state index contributed by atoms with van der Waals surface area (Å²) in [6.07, 6.45) is 2.00. The van der Waals surface area contributed by atoms with Crippen LogP contribution in [0.3, 0.4) is 0 Å². The lowest BCUT2D eigenvalue weighted by Gasteiger charge is -2.17. The Morgan fingerprint density at radius 1 is 1.35 bits per heavy atom. The Bertz CT molecular complexity index is 462. The minimum absolute atomic E-state index is 0.200. The summed E-state index contributed by atoms with van der Waals surface area (Å²) in [5.41, 5.74) is 6.48. The molecule has 0 saturated carbocycles. The molecule has 2 atom stereocenters. The molecule has 0 fully saturated rings. The lowest BCUT2D eigenvalue weighted by molar-refractivity contribution is -0.148. The molecule has 0 spiro atoms. The van der Waals surface area contributed by atoms with Gasteiger partial charge in [-0.2, -0.15) is 0 Å². The number of rotatable bonds is 6. The quantitative estimate of drug-likeness (QED) is 0.472. The summed E-state index contributed by atoms with van der Waals surface area (Å²) in [4.78, 5) is 24.3. The molecular weight excluding hydrogens is 276 g/mol. The Morgan fingerprint density at radius 2 is 1.95 bits per heavy atom. The van der Waals surface area contributed by atoms with Gasteiger partial charge < -0.3 is 15.8 Å². The minimum Gasteiger partial charge on any atom is -0.464 e. The molecule has 0 saturated heterocycles. The fourth-order valence-corrected chi connectivity index (χ4v) is 2.03. The van der Waals surface area contributed by atoms with Crippen molar-refractivity contribution in [3.05, 3.63) is 29.8 Å². The molecule has 0 aliphatic rings. The summed E-state index contributed by atoms with van der Waals surface area (Å²) < 4.78 is 4.71. The van der Waals surface area contributed by atoms with Gasteiger partial charge in [-0.25, -0.2) is 4.79 Å². The zero-order valence-electron chi connectivity index (χ0n) is 11.9. The van der Waals surface area contributed by atoms with Crippen LogP contribution < -0.4 is 11.1 Å². The van der Waals surface area contributed by atoms with E-state index in [0.717, 1.165) is 10.5 Å². The van der Waals surface area contributed by atoms with E-state index in [1.165, 1.54) is 0 Å². The van der Waals surface area contributed by atoms with Gasteiger partial charge >= 0.3 is 5.97 Å². The lowest BCUT2D eigenvalue weighted by atomic mass is 10.1. The van der Waals surface area contributed by atoms with E-state index in [9.17, 15) is 9.59 Å². The predicted molar refractivity (Wildman–Crippen MR) is 79.4 cm³/mol. The molecule has 110 valence electrons. The van der Waals surface area contributed by atoms with Crippen molar-refractivity contribution in [3.63, 3.8) is 0 Å². The molecule has 0 bridgehead atoms. The zero-order valence-corrected chi connectivity index (χ0v) is 12.7. The average Bonchev–Trinajstić information content (AvgIpc) is 2.46. The van der Waals surface area contributed by atoms with E-state index in [4.69, 9.17) is 10.5 Å². The molecule has 1 aromatic carbocycles. The van der Waals surface area contributed by atoms with Crippen molar-refractivity contribution in [1.82, 2.24) is 5.32 Å². The highest BCUT2D eigenvalue weighted by atomic mass is 32.2. The first-order chi connectivity index (χ1) is 9.49. The van der Waals surface area contributed by atoms with Gasteiger partial charge in [-0.15, -0.1) is 11.8 Å². The molecule has 5 nitrogen and oxygen atoms in total. The zero-order chi connectivity index (χ0) is 15.1. The van der Waals surface area contributed by atoms with E-state index in [-0.39, 0.29) is 12.6 Å². The molecule has 1 aromatic rings. The number of carbonyl (C=O) groups is 2. The van der Waals surface area contributed by atoms with Crippen molar-refractivity contribution in [2.45, 2.75) is 30.8 Å².